The number of carboxylic acids is 1. The molecule has 1 unspecified atom stereocenters. The number of halogens is 1. The monoisotopic (exact) mass is 536 g/mol. The van der Waals surface area contributed by atoms with Crippen LogP contribution in [0.15, 0.2) is 109 Å². The third-order valence-corrected chi connectivity index (χ3v) is 6.80. The summed E-state index contributed by atoms with van der Waals surface area (Å²) < 4.78 is 21.4. The van der Waals surface area contributed by atoms with Gasteiger partial charge in [-0.3, -0.25) is 4.79 Å². The fourth-order valence-corrected chi connectivity index (χ4v) is 4.87. The van der Waals surface area contributed by atoms with Crippen molar-refractivity contribution in [1.82, 2.24) is 9.88 Å². The van der Waals surface area contributed by atoms with Gasteiger partial charge in [0, 0.05) is 45.6 Å². The van der Waals surface area contributed by atoms with Gasteiger partial charge in [-0.05, 0) is 61.0 Å². The van der Waals surface area contributed by atoms with E-state index in [1.54, 1.807) is 6.92 Å². The number of aromatic nitrogens is 1. The first-order valence-corrected chi connectivity index (χ1v) is 13.0. The molecule has 0 aliphatic rings. The molecule has 0 spiro atoms. The second kappa shape index (κ2) is 11.9. The average Bonchev–Trinajstić information content (AvgIpc) is 3.27. The Balaban J connectivity index is 1.19. The molecule has 6 nitrogen and oxygen atoms in total. The summed E-state index contributed by atoms with van der Waals surface area (Å²) in [5.41, 5.74) is 3.87. The average molecular weight is 537 g/mol. The molecule has 0 aliphatic heterocycles. The van der Waals surface area contributed by atoms with Crippen molar-refractivity contribution >= 4 is 33.6 Å². The zero-order chi connectivity index (χ0) is 28.1. The molecule has 1 atom stereocenters. The van der Waals surface area contributed by atoms with Gasteiger partial charge in [-0.15, -0.1) is 0 Å². The number of nitrogens with one attached hydrogen (secondary N) is 1. The van der Waals surface area contributed by atoms with Gasteiger partial charge in [0.25, 0.3) is 0 Å². The summed E-state index contributed by atoms with van der Waals surface area (Å²) in [4.78, 5) is 24.3. The lowest BCUT2D eigenvalue weighted by Gasteiger charge is -2.16. The summed E-state index contributed by atoms with van der Waals surface area (Å²) in [6.45, 7) is 2.79. The van der Waals surface area contributed by atoms with Gasteiger partial charge < -0.3 is 19.7 Å². The van der Waals surface area contributed by atoms with Crippen molar-refractivity contribution in [2.45, 2.75) is 25.9 Å². The van der Waals surface area contributed by atoms with E-state index in [0.717, 1.165) is 5.56 Å². The van der Waals surface area contributed by atoms with Crippen molar-refractivity contribution in [2.75, 3.05) is 6.61 Å². The Morgan fingerprint density at radius 1 is 0.900 bits per heavy atom. The van der Waals surface area contributed by atoms with E-state index in [1.165, 1.54) is 52.1 Å². The summed E-state index contributed by atoms with van der Waals surface area (Å²) in [5.74, 6) is -1.10. The van der Waals surface area contributed by atoms with E-state index in [0.29, 0.717) is 30.2 Å². The number of hydrogen-bond donors (Lipinski definition) is 2. The van der Waals surface area contributed by atoms with Gasteiger partial charge in [-0.1, -0.05) is 48.5 Å². The maximum absolute atomic E-state index is 13.1. The molecule has 2 N–H and O–H groups in total. The van der Waals surface area contributed by atoms with Crippen LogP contribution < -0.4 is 10.1 Å². The minimum atomic E-state index is -1.03. The van der Waals surface area contributed by atoms with Crippen molar-refractivity contribution in [2.24, 2.45) is 0 Å². The van der Waals surface area contributed by atoms with Crippen LogP contribution in [0.1, 0.15) is 22.8 Å². The number of hydrogen-bond acceptors (Lipinski definition) is 4. The van der Waals surface area contributed by atoms with Gasteiger partial charge in [-0.25, -0.2) is 9.18 Å². The number of fused-ring (bicyclic) bond motifs is 3. The highest BCUT2D eigenvalue weighted by Crippen LogP contribution is 2.28. The summed E-state index contributed by atoms with van der Waals surface area (Å²) in [6, 6.07) is 28.3. The molecule has 5 rings (SSSR count). The number of ketones is 1. The van der Waals surface area contributed by atoms with Crippen LogP contribution in [0, 0.1) is 5.82 Å². The first-order chi connectivity index (χ1) is 19.4. The highest BCUT2D eigenvalue weighted by Gasteiger charge is 2.18. The molecule has 0 bridgehead atoms. The quantitative estimate of drug-likeness (QED) is 0.151. The lowest BCUT2D eigenvalue weighted by Crippen LogP contribution is -2.37. The maximum Gasteiger partial charge on any atom is 0.326 e. The van der Waals surface area contributed by atoms with Crippen LogP contribution in [-0.4, -0.2) is 34.1 Å². The number of carboxylic acid groups (broad SMARTS) is 1. The largest absolute Gasteiger partial charge is 0.492 e. The lowest BCUT2D eigenvalue weighted by molar-refractivity contribution is -0.139. The van der Waals surface area contributed by atoms with Gasteiger partial charge in [-0.2, -0.15) is 0 Å². The molecule has 7 heteroatoms. The highest BCUT2D eigenvalue weighted by atomic mass is 19.1. The maximum atomic E-state index is 13.1. The van der Waals surface area contributed by atoms with Gasteiger partial charge >= 0.3 is 5.97 Å². The lowest BCUT2D eigenvalue weighted by atomic mass is 10.0. The van der Waals surface area contributed by atoms with Crippen LogP contribution in [0.5, 0.6) is 5.75 Å². The molecule has 0 saturated heterocycles. The molecule has 0 aliphatic carbocycles. The summed E-state index contributed by atoms with van der Waals surface area (Å²) >= 11 is 0. The van der Waals surface area contributed by atoms with Crippen molar-refractivity contribution in [3.05, 3.63) is 126 Å². The smallest absolute Gasteiger partial charge is 0.326 e. The van der Waals surface area contributed by atoms with Crippen LogP contribution in [0.3, 0.4) is 0 Å². The van der Waals surface area contributed by atoms with E-state index in [2.05, 4.69) is 34.1 Å². The van der Waals surface area contributed by atoms with Crippen molar-refractivity contribution in [3.63, 3.8) is 0 Å². The number of nitrogens with zero attached hydrogens (tertiary/aromatic N) is 1. The second-order valence-electron chi connectivity index (χ2n) is 9.62. The topological polar surface area (TPSA) is 80.6 Å². The molecular formula is C33H29FN2O4. The zero-order valence-corrected chi connectivity index (χ0v) is 22.0. The molecular weight excluding hydrogens is 507 g/mol. The number of benzene rings is 4. The van der Waals surface area contributed by atoms with Gasteiger partial charge in [0.1, 0.15) is 24.2 Å². The van der Waals surface area contributed by atoms with Crippen LogP contribution in [0.4, 0.5) is 4.39 Å². The summed E-state index contributed by atoms with van der Waals surface area (Å²) in [6.07, 6.45) is 1.53. The number of aliphatic carboxylic acids is 1. The molecule has 4 aromatic carbocycles. The van der Waals surface area contributed by atoms with Crippen LogP contribution in [0.25, 0.3) is 21.8 Å². The Kier molecular flexibility index (Phi) is 7.92. The molecule has 0 amide bonds. The third kappa shape index (κ3) is 6.04. The predicted octanol–water partition coefficient (Wildman–Crippen LogP) is 6.38. The van der Waals surface area contributed by atoms with Crippen LogP contribution >= 0.6 is 0 Å². The first-order valence-electron chi connectivity index (χ1n) is 13.0. The number of allylic oxidation sites excluding steroid dienone is 2. The van der Waals surface area contributed by atoms with Gasteiger partial charge in [0.2, 0.25) is 0 Å². The third-order valence-electron chi connectivity index (χ3n) is 6.80. The fraction of sp³-hybridized carbons (Fsp3) is 0.152. The molecule has 40 heavy (non-hydrogen) atoms. The number of ether oxygens (including phenoxy) is 1. The van der Waals surface area contributed by atoms with E-state index in [-0.39, 0.29) is 12.2 Å². The van der Waals surface area contributed by atoms with Crippen molar-refractivity contribution < 1.29 is 23.8 Å². The second-order valence-corrected chi connectivity index (χ2v) is 9.62. The molecule has 202 valence electrons. The van der Waals surface area contributed by atoms with Gasteiger partial charge in [0.15, 0.2) is 5.78 Å². The number of para-hydroxylation sites is 2. The van der Waals surface area contributed by atoms with E-state index >= 15 is 0 Å². The molecule has 0 radical (unpaired) electrons. The van der Waals surface area contributed by atoms with Crippen molar-refractivity contribution in [1.29, 1.82) is 0 Å². The molecule has 1 heterocycles. The van der Waals surface area contributed by atoms with E-state index < -0.39 is 17.8 Å². The molecule has 5 aromatic rings. The normalized spacial score (nSPS) is 12.4. The number of rotatable bonds is 11. The predicted molar refractivity (Wildman–Crippen MR) is 154 cm³/mol. The zero-order valence-electron chi connectivity index (χ0n) is 22.0. The SMILES string of the molecule is C/C(=C/C(=O)c1ccc(F)cc1)NC(Cc1ccc(OCCn2c3ccccc3c3ccccc32)cc1)C(=O)O. The van der Waals surface area contributed by atoms with Crippen LogP contribution in [-0.2, 0) is 17.8 Å². The Hall–Kier alpha value is -4.91. The Labute approximate surface area is 231 Å². The minimum Gasteiger partial charge on any atom is -0.492 e. The Morgan fingerprint density at radius 2 is 1.50 bits per heavy atom. The Bertz CT molecular complexity index is 1630. The standard InChI is InChI=1S/C33H29FN2O4/c1-22(20-32(37)24-12-14-25(34)15-13-24)35-29(33(38)39)21-23-10-16-26(17-11-23)40-19-18-36-30-8-4-2-6-27(30)28-7-3-5-9-31(28)36/h2-17,20,29,35H,18-19,21H2,1H3,(H,38,39)/b22-20-. The molecule has 0 fully saturated rings. The molecule has 0 saturated carbocycles. The number of carbonyl (C=O) groups excluding carboxylic acids is 1. The number of carbonyl (C=O) groups is 2. The fourth-order valence-electron chi connectivity index (χ4n) is 4.87. The van der Waals surface area contributed by atoms with Gasteiger partial charge in [0.05, 0.1) is 6.54 Å². The van der Waals surface area contributed by atoms with Crippen molar-refractivity contribution in [3.8, 4) is 5.75 Å². The highest BCUT2D eigenvalue weighted by molar-refractivity contribution is 6.08. The van der Waals surface area contributed by atoms with E-state index in [9.17, 15) is 19.1 Å². The van der Waals surface area contributed by atoms with Crippen LogP contribution in [0.2, 0.25) is 0 Å². The molecule has 1 aromatic heterocycles. The van der Waals surface area contributed by atoms with E-state index in [4.69, 9.17) is 4.74 Å². The Morgan fingerprint density at radius 3 is 2.10 bits per heavy atom. The summed E-state index contributed by atoms with van der Waals surface area (Å²) in [5, 5.41) is 15.1. The van der Waals surface area contributed by atoms with E-state index in [1.807, 2.05) is 48.5 Å². The first kappa shape index (κ1) is 26.7. The minimum absolute atomic E-state index is 0.215. The summed E-state index contributed by atoms with van der Waals surface area (Å²) in [7, 11) is 0.